The zero-order valence-electron chi connectivity index (χ0n) is 8.71. The standard InChI is InChI=1S/C12H11F3O/c1-2-11(16)8-5-9-3-6-10(7-4-9)12(13,14)15/h3-8H,2H2,1H3. The Morgan fingerprint density at radius 3 is 2.25 bits per heavy atom. The topological polar surface area (TPSA) is 17.1 Å². The summed E-state index contributed by atoms with van der Waals surface area (Å²) in [7, 11) is 0. The fourth-order valence-corrected chi connectivity index (χ4v) is 1.09. The van der Waals surface area contributed by atoms with Gasteiger partial charge in [-0.3, -0.25) is 4.79 Å². The highest BCUT2D eigenvalue weighted by Gasteiger charge is 2.29. The zero-order chi connectivity index (χ0) is 12.2. The maximum absolute atomic E-state index is 12.2. The molecule has 1 aromatic rings. The van der Waals surface area contributed by atoms with Crippen LogP contribution in [-0.4, -0.2) is 5.78 Å². The third kappa shape index (κ3) is 3.53. The number of carbonyl (C=O) groups excluding carboxylic acids is 1. The molecule has 1 nitrogen and oxygen atoms in total. The molecule has 0 fully saturated rings. The molecule has 4 heteroatoms. The van der Waals surface area contributed by atoms with Gasteiger partial charge in [-0.25, -0.2) is 0 Å². The Balaban J connectivity index is 2.80. The first-order chi connectivity index (χ1) is 7.43. The summed E-state index contributed by atoms with van der Waals surface area (Å²) in [6.45, 7) is 1.72. The Bertz CT molecular complexity index is 388. The molecule has 0 saturated carbocycles. The van der Waals surface area contributed by atoms with E-state index in [9.17, 15) is 18.0 Å². The third-order valence-electron chi connectivity index (χ3n) is 2.05. The molecule has 0 unspecified atom stereocenters. The van der Waals surface area contributed by atoms with E-state index in [1.54, 1.807) is 6.92 Å². The number of halogens is 3. The first kappa shape index (κ1) is 12.5. The Labute approximate surface area is 91.6 Å². The van der Waals surface area contributed by atoms with Crippen LogP contribution in [0.25, 0.3) is 6.08 Å². The van der Waals surface area contributed by atoms with Crippen molar-refractivity contribution in [3.63, 3.8) is 0 Å². The van der Waals surface area contributed by atoms with Gasteiger partial charge in [0.25, 0.3) is 0 Å². The van der Waals surface area contributed by atoms with E-state index in [0.29, 0.717) is 12.0 Å². The van der Waals surface area contributed by atoms with Gasteiger partial charge in [0, 0.05) is 6.42 Å². The van der Waals surface area contributed by atoms with Crippen LogP contribution < -0.4 is 0 Å². The molecule has 0 radical (unpaired) electrons. The van der Waals surface area contributed by atoms with Crippen molar-refractivity contribution in [1.82, 2.24) is 0 Å². The molecule has 1 aromatic carbocycles. The van der Waals surface area contributed by atoms with Crippen molar-refractivity contribution in [3.05, 3.63) is 41.5 Å². The molecule has 0 spiro atoms. The largest absolute Gasteiger partial charge is 0.416 e. The van der Waals surface area contributed by atoms with E-state index in [4.69, 9.17) is 0 Å². The van der Waals surface area contributed by atoms with Gasteiger partial charge in [0.2, 0.25) is 0 Å². The van der Waals surface area contributed by atoms with Crippen LogP contribution in [0.4, 0.5) is 13.2 Å². The van der Waals surface area contributed by atoms with Crippen LogP contribution in [0.2, 0.25) is 0 Å². The summed E-state index contributed by atoms with van der Waals surface area (Å²) >= 11 is 0. The van der Waals surface area contributed by atoms with E-state index in [1.165, 1.54) is 24.3 Å². The van der Waals surface area contributed by atoms with Gasteiger partial charge in [0.15, 0.2) is 5.78 Å². The number of allylic oxidation sites excluding steroid dienone is 1. The summed E-state index contributed by atoms with van der Waals surface area (Å²) in [5.74, 6) is -0.0557. The number of carbonyl (C=O) groups is 1. The minimum atomic E-state index is -4.32. The van der Waals surface area contributed by atoms with Gasteiger partial charge < -0.3 is 0 Å². The molecule has 0 aliphatic carbocycles. The van der Waals surface area contributed by atoms with E-state index >= 15 is 0 Å². The first-order valence-electron chi connectivity index (χ1n) is 4.81. The van der Waals surface area contributed by atoms with Crippen LogP contribution in [-0.2, 0) is 11.0 Å². The van der Waals surface area contributed by atoms with E-state index < -0.39 is 11.7 Å². The fraction of sp³-hybridized carbons (Fsp3) is 0.250. The molecule has 0 aliphatic rings. The van der Waals surface area contributed by atoms with Crippen molar-refractivity contribution in [2.75, 3.05) is 0 Å². The molecule has 16 heavy (non-hydrogen) atoms. The van der Waals surface area contributed by atoms with E-state index in [2.05, 4.69) is 0 Å². The number of hydrogen-bond acceptors (Lipinski definition) is 1. The third-order valence-corrected chi connectivity index (χ3v) is 2.05. The van der Waals surface area contributed by atoms with Crippen molar-refractivity contribution in [2.24, 2.45) is 0 Å². The second-order valence-electron chi connectivity index (χ2n) is 3.27. The maximum Gasteiger partial charge on any atom is 0.416 e. The summed E-state index contributed by atoms with van der Waals surface area (Å²) in [5, 5.41) is 0. The summed E-state index contributed by atoms with van der Waals surface area (Å²) in [6, 6.07) is 4.66. The summed E-state index contributed by atoms with van der Waals surface area (Å²) in [5.41, 5.74) is -0.110. The first-order valence-corrected chi connectivity index (χ1v) is 4.81. The lowest BCUT2D eigenvalue weighted by molar-refractivity contribution is -0.137. The predicted octanol–water partition coefficient (Wildman–Crippen LogP) is 3.70. The van der Waals surface area contributed by atoms with Crippen molar-refractivity contribution in [3.8, 4) is 0 Å². The molecule has 0 saturated heterocycles. The number of ketones is 1. The predicted molar refractivity (Wildman–Crippen MR) is 55.8 cm³/mol. The average Bonchev–Trinajstić information content (AvgIpc) is 2.25. The SMILES string of the molecule is CCC(=O)C=Cc1ccc(C(F)(F)F)cc1. The lowest BCUT2D eigenvalue weighted by Crippen LogP contribution is -2.03. The smallest absolute Gasteiger partial charge is 0.295 e. The van der Waals surface area contributed by atoms with Crippen molar-refractivity contribution >= 4 is 11.9 Å². The molecule has 0 aromatic heterocycles. The van der Waals surface area contributed by atoms with Crippen molar-refractivity contribution < 1.29 is 18.0 Å². The van der Waals surface area contributed by atoms with Gasteiger partial charge in [0.05, 0.1) is 5.56 Å². The van der Waals surface area contributed by atoms with Crippen LogP contribution in [0, 0.1) is 0 Å². The quantitative estimate of drug-likeness (QED) is 0.721. The van der Waals surface area contributed by atoms with Crippen LogP contribution in [0.5, 0.6) is 0 Å². The van der Waals surface area contributed by atoms with Crippen LogP contribution in [0.1, 0.15) is 24.5 Å². The summed E-state index contributed by atoms with van der Waals surface area (Å²) in [4.78, 5) is 10.9. The number of rotatable bonds is 3. The monoisotopic (exact) mass is 228 g/mol. The lowest BCUT2D eigenvalue weighted by Gasteiger charge is -2.05. The van der Waals surface area contributed by atoms with Gasteiger partial charge in [-0.1, -0.05) is 25.1 Å². The summed E-state index contributed by atoms with van der Waals surface area (Å²) < 4.78 is 36.6. The maximum atomic E-state index is 12.2. The Hall–Kier alpha value is -1.58. The van der Waals surface area contributed by atoms with Crippen LogP contribution >= 0.6 is 0 Å². The molecule has 0 atom stereocenters. The molecule has 1 rings (SSSR count). The van der Waals surface area contributed by atoms with Crippen LogP contribution in [0.3, 0.4) is 0 Å². The molecule has 0 aliphatic heterocycles. The van der Waals surface area contributed by atoms with Gasteiger partial charge in [-0.05, 0) is 23.8 Å². The Morgan fingerprint density at radius 2 is 1.81 bits per heavy atom. The second-order valence-corrected chi connectivity index (χ2v) is 3.27. The molecule has 0 amide bonds. The van der Waals surface area contributed by atoms with Gasteiger partial charge >= 0.3 is 6.18 Å². The Morgan fingerprint density at radius 1 is 1.25 bits per heavy atom. The van der Waals surface area contributed by atoms with Gasteiger partial charge in [-0.2, -0.15) is 13.2 Å². The van der Waals surface area contributed by atoms with Gasteiger partial charge in [-0.15, -0.1) is 0 Å². The lowest BCUT2D eigenvalue weighted by atomic mass is 10.1. The zero-order valence-corrected chi connectivity index (χ0v) is 8.71. The molecule has 86 valence electrons. The highest BCUT2D eigenvalue weighted by Crippen LogP contribution is 2.29. The Kier molecular flexibility index (Phi) is 3.88. The van der Waals surface area contributed by atoms with Gasteiger partial charge in [0.1, 0.15) is 0 Å². The number of alkyl halides is 3. The normalized spacial score (nSPS) is 12.0. The van der Waals surface area contributed by atoms with Crippen molar-refractivity contribution in [1.29, 1.82) is 0 Å². The molecule has 0 bridgehead atoms. The van der Waals surface area contributed by atoms with E-state index in [-0.39, 0.29) is 5.78 Å². The molecular formula is C12H11F3O. The minimum Gasteiger partial charge on any atom is -0.295 e. The highest BCUT2D eigenvalue weighted by molar-refractivity contribution is 5.93. The summed E-state index contributed by atoms with van der Waals surface area (Å²) in [6.07, 6.45) is -1.06. The molecular weight excluding hydrogens is 217 g/mol. The van der Waals surface area contributed by atoms with E-state index in [1.807, 2.05) is 0 Å². The highest BCUT2D eigenvalue weighted by atomic mass is 19.4. The number of hydrogen-bond donors (Lipinski definition) is 0. The molecule has 0 heterocycles. The second kappa shape index (κ2) is 4.96. The molecule has 0 N–H and O–H groups in total. The van der Waals surface area contributed by atoms with E-state index in [0.717, 1.165) is 12.1 Å². The fourth-order valence-electron chi connectivity index (χ4n) is 1.09. The van der Waals surface area contributed by atoms with Crippen LogP contribution in [0.15, 0.2) is 30.3 Å². The minimum absolute atomic E-state index is 0.0557. The number of benzene rings is 1. The average molecular weight is 228 g/mol. The van der Waals surface area contributed by atoms with Crippen molar-refractivity contribution in [2.45, 2.75) is 19.5 Å².